The first-order chi connectivity index (χ1) is 8.70. The Bertz CT molecular complexity index is 479. The Morgan fingerprint density at radius 3 is 2.28 bits per heavy atom. The van der Waals surface area contributed by atoms with E-state index in [-0.39, 0.29) is 11.6 Å². The van der Waals surface area contributed by atoms with E-state index in [1.165, 1.54) is 0 Å². The molecule has 3 rings (SSSR count). The van der Waals surface area contributed by atoms with E-state index in [1.54, 1.807) is 24.3 Å². The summed E-state index contributed by atoms with van der Waals surface area (Å²) in [5.41, 5.74) is 0.899. The van der Waals surface area contributed by atoms with Gasteiger partial charge in [-0.1, -0.05) is 24.3 Å². The summed E-state index contributed by atoms with van der Waals surface area (Å²) in [6.45, 7) is 1.01. The highest BCUT2D eigenvalue weighted by molar-refractivity contribution is 6.26. The van der Waals surface area contributed by atoms with Crippen molar-refractivity contribution >= 4 is 11.6 Å². The number of rotatable bonds is 1. The molecule has 0 spiro atoms. The number of ketones is 2. The molecule has 1 aromatic carbocycles. The van der Waals surface area contributed by atoms with Crippen LogP contribution in [0.5, 0.6) is 0 Å². The predicted molar refractivity (Wildman–Crippen MR) is 64.5 cm³/mol. The van der Waals surface area contributed by atoms with Gasteiger partial charge in [0.1, 0.15) is 6.17 Å². The Labute approximate surface area is 104 Å². The van der Waals surface area contributed by atoms with E-state index < -0.39 is 18.0 Å². The third kappa shape index (κ3) is 1.60. The molecule has 1 fully saturated rings. The maximum atomic E-state index is 13.9. The number of hydrogen-bond donors (Lipinski definition) is 1. The van der Waals surface area contributed by atoms with E-state index in [1.807, 2.05) is 0 Å². The van der Waals surface area contributed by atoms with E-state index in [2.05, 4.69) is 5.32 Å². The van der Waals surface area contributed by atoms with Gasteiger partial charge in [-0.2, -0.15) is 0 Å². The number of nitrogens with one attached hydrogen (secondary N) is 1. The van der Waals surface area contributed by atoms with Crippen LogP contribution in [0.25, 0.3) is 0 Å². The zero-order valence-corrected chi connectivity index (χ0v) is 9.86. The summed E-state index contributed by atoms with van der Waals surface area (Å²) in [7, 11) is 0. The summed E-state index contributed by atoms with van der Waals surface area (Å²) >= 11 is 0. The number of Topliss-reactive ketones (excluding diaryl/α,β-unsaturated/α-hetero) is 2. The molecule has 1 saturated heterocycles. The van der Waals surface area contributed by atoms with E-state index in [0.29, 0.717) is 30.6 Å². The van der Waals surface area contributed by atoms with Gasteiger partial charge in [0.2, 0.25) is 0 Å². The van der Waals surface area contributed by atoms with Crippen molar-refractivity contribution in [3.05, 3.63) is 35.4 Å². The first kappa shape index (κ1) is 11.5. The maximum Gasteiger partial charge on any atom is 0.174 e. The lowest BCUT2D eigenvalue weighted by molar-refractivity contribution is 0.0658. The van der Waals surface area contributed by atoms with Crippen molar-refractivity contribution in [1.29, 1.82) is 0 Å². The molecule has 0 radical (unpaired) electrons. The van der Waals surface area contributed by atoms with Gasteiger partial charge in [0, 0.05) is 23.6 Å². The van der Waals surface area contributed by atoms with Gasteiger partial charge in [0.05, 0.1) is 5.92 Å². The smallest absolute Gasteiger partial charge is 0.174 e. The van der Waals surface area contributed by atoms with Crippen molar-refractivity contribution in [1.82, 2.24) is 5.32 Å². The summed E-state index contributed by atoms with van der Waals surface area (Å²) < 4.78 is 13.9. The largest absolute Gasteiger partial charge is 0.316 e. The van der Waals surface area contributed by atoms with Crippen molar-refractivity contribution < 1.29 is 14.0 Å². The van der Waals surface area contributed by atoms with Gasteiger partial charge in [-0.15, -0.1) is 0 Å². The average molecular weight is 247 g/mol. The van der Waals surface area contributed by atoms with Gasteiger partial charge >= 0.3 is 0 Å². The Morgan fingerprint density at radius 2 is 1.72 bits per heavy atom. The van der Waals surface area contributed by atoms with Crippen molar-refractivity contribution in [3.8, 4) is 0 Å². The van der Waals surface area contributed by atoms with Crippen molar-refractivity contribution in [2.24, 2.45) is 11.8 Å². The molecule has 1 aliphatic carbocycles. The Balaban J connectivity index is 1.96. The van der Waals surface area contributed by atoms with Crippen LogP contribution in [0.4, 0.5) is 4.39 Å². The van der Waals surface area contributed by atoms with Gasteiger partial charge in [-0.3, -0.25) is 9.59 Å². The molecule has 1 heterocycles. The zero-order chi connectivity index (χ0) is 12.7. The number of benzene rings is 1. The van der Waals surface area contributed by atoms with Gasteiger partial charge in [-0.05, 0) is 13.0 Å². The van der Waals surface area contributed by atoms with Crippen LogP contribution >= 0.6 is 0 Å². The fourth-order valence-corrected chi connectivity index (χ4v) is 2.93. The molecule has 0 amide bonds. The van der Waals surface area contributed by atoms with Crippen LogP contribution in [0.15, 0.2) is 24.3 Å². The molecule has 1 aromatic rings. The second-order valence-corrected chi connectivity index (χ2v) is 4.92. The van der Waals surface area contributed by atoms with E-state index >= 15 is 0 Å². The standard InChI is InChI=1S/C14H14FNO2/c15-11-5-6-16-7-10(11)12-13(17)8-3-1-2-4-9(8)14(12)18/h1-4,10-12,16H,5-7H2/t10-,11+/m1/s1. The van der Waals surface area contributed by atoms with Crippen molar-refractivity contribution in [2.45, 2.75) is 12.6 Å². The monoisotopic (exact) mass is 247 g/mol. The normalized spacial score (nSPS) is 28.5. The molecule has 4 heteroatoms. The number of halogens is 1. The minimum atomic E-state index is -1.07. The zero-order valence-electron chi connectivity index (χ0n) is 9.86. The van der Waals surface area contributed by atoms with E-state index in [9.17, 15) is 14.0 Å². The summed E-state index contributed by atoms with van der Waals surface area (Å²) in [5, 5.41) is 3.07. The molecular weight excluding hydrogens is 233 g/mol. The molecule has 3 nitrogen and oxygen atoms in total. The third-order valence-electron chi connectivity index (χ3n) is 3.89. The molecular formula is C14H14FNO2. The van der Waals surface area contributed by atoms with Gasteiger partial charge in [0.25, 0.3) is 0 Å². The van der Waals surface area contributed by atoms with Crippen LogP contribution in [0, 0.1) is 11.8 Å². The molecule has 94 valence electrons. The SMILES string of the molecule is O=C1c2ccccc2C(=O)C1[C@@H]1CNCC[C@@H]1F. The Morgan fingerprint density at radius 1 is 1.11 bits per heavy atom. The molecule has 18 heavy (non-hydrogen) atoms. The highest BCUT2D eigenvalue weighted by atomic mass is 19.1. The molecule has 1 N–H and O–H groups in total. The number of piperidine rings is 1. The topological polar surface area (TPSA) is 46.2 Å². The summed E-state index contributed by atoms with van der Waals surface area (Å²) in [6.07, 6.45) is -0.698. The summed E-state index contributed by atoms with van der Waals surface area (Å²) in [4.78, 5) is 24.5. The summed E-state index contributed by atoms with van der Waals surface area (Å²) in [5.74, 6) is -1.78. The number of alkyl halides is 1. The second-order valence-electron chi connectivity index (χ2n) is 4.92. The minimum absolute atomic E-state index is 0.216. The van der Waals surface area contributed by atoms with Crippen LogP contribution in [0.1, 0.15) is 27.1 Å². The quantitative estimate of drug-likeness (QED) is 0.767. The van der Waals surface area contributed by atoms with Crippen LogP contribution < -0.4 is 5.32 Å². The van der Waals surface area contributed by atoms with Crippen LogP contribution in [-0.2, 0) is 0 Å². The summed E-state index contributed by atoms with van der Waals surface area (Å²) in [6, 6.07) is 6.77. The average Bonchev–Trinajstić information content (AvgIpc) is 2.64. The molecule has 0 unspecified atom stereocenters. The van der Waals surface area contributed by atoms with E-state index in [4.69, 9.17) is 0 Å². The van der Waals surface area contributed by atoms with Crippen LogP contribution in [0.2, 0.25) is 0 Å². The van der Waals surface area contributed by atoms with Crippen LogP contribution in [0.3, 0.4) is 0 Å². The highest BCUT2D eigenvalue weighted by Gasteiger charge is 2.46. The molecule has 1 aliphatic heterocycles. The first-order valence-electron chi connectivity index (χ1n) is 6.22. The first-order valence-corrected chi connectivity index (χ1v) is 6.22. The lowest BCUT2D eigenvalue weighted by atomic mass is 9.82. The van der Waals surface area contributed by atoms with Crippen LogP contribution in [-0.4, -0.2) is 30.8 Å². The number of carbonyl (C=O) groups excluding carboxylic acids is 2. The number of hydrogen-bond acceptors (Lipinski definition) is 3. The highest BCUT2D eigenvalue weighted by Crippen LogP contribution is 2.35. The molecule has 2 aliphatic rings. The fourth-order valence-electron chi connectivity index (χ4n) is 2.93. The molecule has 0 saturated carbocycles. The molecule has 0 aromatic heterocycles. The van der Waals surface area contributed by atoms with Crippen molar-refractivity contribution in [2.75, 3.05) is 13.1 Å². The minimum Gasteiger partial charge on any atom is -0.316 e. The fraction of sp³-hybridized carbons (Fsp3) is 0.429. The molecule has 2 atom stereocenters. The third-order valence-corrected chi connectivity index (χ3v) is 3.89. The molecule has 0 bridgehead atoms. The Kier molecular flexibility index (Phi) is 2.74. The lowest BCUT2D eigenvalue weighted by Gasteiger charge is -2.29. The van der Waals surface area contributed by atoms with Gasteiger partial charge in [0.15, 0.2) is 11.6 Å². The second kappa shape index (κ2) is 4.28. The number of fused-ring (bicyclic) bond motifs is 1. The maximum absolute atomic E-state index is 13.9. The van der Waals surface area contributed by atoms with Crippen molar-refractivity contribution in [3.63, 3.8) is 0 Å². The Hall–Kier alpha value is -1.55. The van der Waals surface area contributed by atoms with Gasteiger partial charge in [-0.25, -0.2) is 4.39 Å². The lowest BCUT2D eigenvalue weighted by Crippen LogP contribution is -2.44. The number of carbonyl (C=O) groups is 2. The van der Waals surface area contributed by atoms with E-state index in [0.717, 1.165) is 0 Å². The predicted octanol–water partition coefficient (Wildman–Crippen LogP) is 1.63. The van der Waals surface area contributed by atoms with Gasteiger partial charge < -0.3 is 5.32 Å².